The zero-order valence-electron chi connectivity index (χ0n) is 17.8. The van der Waals surface area contributed by atoms with Crippen molar-refractivity contribution in [3.05, 3.63) is 58.9 Å². The average molecular weight is 394 g/mol. The molecule has 3 heterocycles. The molecule has 1 saturated heterocycles. The van der Waals surface area contributed by atoms with Crippen LogP contribution in [0.3, 0.4) is 0 Å². The number of amides is 1. The second kappa shape index (κ2) is 7.79. The van der Waals surface area contributed by atoms with Crippen molar-refractivity contribution >= 4 is 11.7 Å². The molecular weight excluding hydrogens is 362 g/mol. The van der Waals surface area contributed by atoms with Crippen molar-refractivity contribution < 1.29 is 9.59 Å². The molecular formula is C24H31N3O2. The van der Waals surface area contributed by atoms with Crippen molar-refractivity contribution in [3.8, 4) is 0 Å². The van der Waals surface area contributed by atoms with E-state index in [2.05, 4.69) is 41.6 Å². The normalized spacial score (nSPS) is 18.7. The molecule has 5 nitrogen and oxygen atoms in total. The van der Waals surface area contributed by atoms with Gasteiger partial charge in [-0.1, -0.05) is 25.5 Å². The molecule has 1 fully saturated rings. The second-order valence-electron chi connectivity index (χ2n) is 8.50. The number of hydrogen-bond acceptors (Lipinski definition) is 3. The van der Waals surface area contributed by atoms with Gasteiger partial charge in [0.15, 0.2) is 5.78 Å². The smallest absolute Gasteiger partial charge is 0.253 e. The molecule has 1 spiro atoms. The summed E-state index contributed by atoms with van der Waals surface area (Å²) >= 11 is 0. The molecule has 29 heavy (non-hydrogen) atoms. The largest absolute Gasteiger partial charge is 0.339 e. The van der Waals surface area contributed by atoms with Crippen LogP contribution in [0.2, 0.25) is 0 Å². The van der Waals surface area contributed by atoms with Crippen LogP contribution in [0.25, 0.3) is 0 Å². The molecule has 0 aliphatic carbocycles. The van der Waals surface area contributed by atoms with Crippen molar-refractivity contribution in [2.45, 2.75) is 51.6 Å². The zero-order chi connectivity index (χ0) is 20.6. The summed E-state index contributed by atoms with van der Waals surface area (Å²) in [5.74, 6) is 0.247. The molecule has 0 atom stereocenters. The Morgan fingerprint density at radius 3 is 2.28 bits per heavy atom. The Kier molecular flexibility index (Phi) is 5.34. The molecule has 2 aliphatic rings. The number of hydrogen-bond donors (Lipinski definition) is 0. The van der Waals surface area contributed by atoms with Crippen molar-refractivity contribution in [2.75, 3.05) is 26.7 Å². The predicted octanol–water partition coefficient (Wildman–Crippen LogP) is 3.72. The molecule has 1 aromatic carbocycles. The van der Waals surface area contributed by atoms with Crippen LogP contribution in [-0.4, -0.2) is 52.7 Å². The molecule has 2 aromatic rings. The molecule has 4 rings (SSSR count). The van der Waals surface area contributed by atoms with E-state index in [4.69, 9.17) is 0 Å². The van der Waals surface area contributed by atoms with E-state index < -0.39 is 0 Å². The highest BCUT2D eigenvalue weighted by Gasteiger charge is 2.45. The fourth-order valence-electron chi connectivity index (χ4n) is 5.08. The third kappa shape index (κ3) is 3.42. The number of carbonyl (C=O) groups is 2. The number of piperidine rings is 1. The van der Waals surface area contributed by atoms with E-state index in [-0.39, 0.29) is 17.2 Å². The lowest BCUT2D eigenvalue weighted by atomic mass is 9.81. The number of aryl methyl sites for hydroxylation is 1. The zero-order valence-corrected chi connectivity index (χ0v) is 17.8. The molecule has 0 N–H and O–H groups in total. The Balaban J connectivity index is 1.52. The lowest BCUT2D eigenvalue weighted by molar-refractivity contribution is 0.0128. The maximum atomic E-state index is 13.0. The van der Waals surface area contributed by atoms with Gasteiger partial charge >= 0.3 is 0 Å². The topological polar surface area (TPSA) is 45.6 Å². The van der Waals surface area contributed by atoms with Gasteiger partial charge in [-0.25, -0.2) is 0 Å². The van der Waals surface area contributed by atoms with E-state index in [9.17, 15) is 9.59 Å². The second-order valence-corrected chi connectivity index (χ2v) is 8.50. The van der Waals surface area contributed by atoms with Gasteiger partial charge in [-0.2, -0.15) is 0 Å². The molecule has 2 aliphatic heterocycles. The van der Waals surface area contributed by atoms with Crippen LogP contribution < -0.4 is 0 Å². The summed E-state index contributed by atoms with van der Waals surface area (Å²) in [6.45, 7) is 7.05. The summed E-state index contributed by atoms with van der Waals surface area (Å²) in [6, 6.07) is 12.2. The van der Waals surface area contributed by atoms with Crippen molar-refractivity contribution in [1.29, 1.82) is 0 Å². The maximum Gasteiger partial charge on any atom is 0.253 e. The summed E-state index contributed by atoms with van der Waals surface area (Å²) in [6.07, 6.45) is 3.95. The number of benzene rings is 1. The minimum Gasteiger partial charge on any atom is -0.339 e. The number of carbonyl (C=O) groups excluding carboxylic acids is 2. The third-order valence-electron chi connectivity index (χ3n) is 6.83. The lowest BCUT2D eigenvalue weighted by Crippen LogP contribution is -2.56. The Morgan fingerprint density at radius 1 is 0.966 bits per heavy atom. The standard InChI is InChI=1S/C24H31N3O2/c1-4-5-19-6-8-20(9-7-19)23(29)26-14-12-24(13-15-26)22-11-10-21(18(2)28)27(22)17-16-25(24)3/h6-11H,4-5,12-17H2,1-3H3. The number of ketones is 1. The van der Waals surface area contributed by atoms with E-state index in [1.807, 2.05) is 23.1 Å². The SMILES string of the molecule is CCCc1ccc(C(=O)N2CCC3(CC2)c2ccc(C(C)=O)n2CCN3C)cc1. The van der Waals surface area contributed by atoms with Gasteiger partial charge in [-0.3, -0.25) is 14.5 Å². The molecule has 154 valence electrons. The van der Waals surface area contributed by atoms with E-state index in [1.165, 1.54) is 11.3 Å². The number of Topliss-reactive ketones (excluding diaryl/α,β-unsaturated/α-hetero) is 1. The van der Waals surface area contributed by atoms with E-state index in [0.29, 0.717) is 0 Å². The van der Waals surface area contributed by atoms with Crippen LogP contribution >= 0.6 is 0 Å². The Morgan fingerprint density at radius 2 is 1.66 bits per heavy atom. The van der Waals surface area contributed by atoms with Gasteiger partial charge in [0.05, 0.1) is 11.2 Å². The van der Waals surface area contributed by atoms with Gasteiger partial charge in [-0.15, -0.1) is 0 Å². The summed E-state index contributed by atoms with van der Waals surface area (Å²) in [4.78, 5) is 29.4. The Bertz CT molecular complexity index is 905. The maximum absolute atomic E-state index is 13.0. The first-order valence-electron chi connectivity index (χ1n) is 10.8. The molecule has 1 amide bonds. The fourth-order valence-corrected chi connectivity index (χ4v) is 5.08. The Hall–Kier alpha value is -2.40. The van der Waals surface area contributed by atoms with Gasteiger partial charge in [0.1, 0.15) is 0 Å². The van der Waals surface area contributed by atoms with Crippen molar-refractivity contribution in [3.63, 3.8) is 0 Å². The van der Waals surface area contributed by atoms with Crippen molar-refractivity contribution in [2.24, 2.45) is 0 Å². The predicted molar refractivity (Wildman–Crippen MR) is 114 cm³/mol. The number of fused-ring (bicyclic) bond motifs is 2. The highest BCUT2D eigenvalue weighted by molar-refractivity contribution is 5.94. The molecule has 0 unspecified atom stereocenters. The van der Waals surface area contributed by atoms with Crippen LogP contribution in [0.5, 0.6) is 0 Å². The van der Waals surface area contributed by atoms with Crippen LogP contribution in [0.1, 0.15) is 65.2 Å². The Labute approximate surface area is 173 Å². The van der Waals surface area contributed by atoms with Crippen LogP contribution in [0, 0.1) is 0 Å². The summed E-state index contributed by atoms with van der Waals surface area (Å²) in [7, 11) is 2.17. The minimum absolute atomic E-state index is 0.0896. The van der Waals surface area contributed by atoms with Gasteiger partial charge in [-0.05, 0) is 56.1 Å². The van der Waals surface area contributed by atoms with Gasteiger partial charge < -0.3 is 9.47 Å². The molecule has 0 saturated carbocycles. The van der Waals surface area contributed by atoms with Gasteiger partial charge in [0.25, 0.3) is 5.91 Å². The first kappa shape index (κ1) is 19.9. The molecule has 1 aromatic heterocycles. The van der Waals surface area contributed by atoms with E-state index >= 15 is 0 Å². The monoisotopic (exact) mass is 393 g/mol. The number of nitrogens with zero attached hydrogens (tertiary/aromatic N) is 3. The summed E-state index contributed by atoms with van der Waals surface area (Å²) in [5.41, 5.74) is 4.01. The third-order valence-corrected chi connectivity index (χ3v) is 6.83. The number of rotatable bonds is 4. The van der Waals surface area contributed by atoms with Crippen molar-refractivity contribution in [1.82, 2.24) is 14.4 Å². The van der Waals surface area contributed by atoms with E-state index in [1.54, 1.807) is 6.92 Å². The lowest BCUT2D eigenvalue weighted by Gasteiger charge is -2.50. The summed E-state index contributed by atoms with van der Waals surface area (Å²) in [5, 5.41) is 0. The van der Waals surface area contributed by atoms with E-state index in [0.717, 1.165) is 63.1 Å². The van der Waals surface area contributed by atoms with Crippen LogP contribution in [0.4, 0.5) is 0 Å². The quantitative estimate of drug-likeness (QED) is 0.744. The summed E-state index contributed by atoms with van der Waals surface area (Å²) < 4.78 is 2.20. The highest BCUT2D eigenvalue weighted by Crippen LogP contribution is 2.41. The fraction of sp³-hybridized carbons (Fsp3) is 0.500. The number of likely N-dealkylation sites (N-methyl/N-ethyl adjacent to an activating group) is 1. The molecule has 5 heteroatoms. The minimum atomic E-state index is -0.0896. The van der Waals surface area contributed by atoms with Crippen LogP contribution in [0.15, 0.2) is 36.4 Å². The average Bonchev–Trinajstić information content (AvgIpc) is 3.17. The van der Waals surface area contributed by atoms with Gasteiger partial charge in [0.2, 0.25) is 0 Å². The van der Waals surface area contributed by atoms with Gasteiger partial charge in [0, 0.05) is 44.4 Å². The van der Waals surface area contributed by atoms with Crippen LogP contribution in [-0.2, 0) is 18.5 Å². The first-order chi connectivity index (χ1) is 14.0. The molecule has 0 bridgehead atoms. The highest BCUT2D eigenvalue weighted by atomic mass is 16.2. The number of aromatic nitrogens is 1. The first-order valence-corrected chi connectivity index (χ1v) is 10.8. The molecule has 0 radical (unpaired) electrons. The number of likely N-dealkylation sites (tertiary alicyclic amines) is 1.